The summed E-state index contributed by atoms with van der Waals surface area (Å²) in [5.74, 6) is -0.318. The van der Waals surface area contributed by atoms with Gasteiger partial charge in [-0.2, -0.15) is 10.4 Å². The third-order valence-corrected chi connectivity index (χ3v) is 5.12. The van der Waals surface area contributed by atoms with Crippen molar-refractivity contribution in [3.63, 3.8) is 0 Å². The minimum absolute atomic E-state index is 0.0293. The lowest BCUT2D eigenvalue weighted by Gasteiger charge is -2.13. The van der Waals surface area contributed by atoms with Crippen molar-refractivity contribution in [1.82, 2.24) is 19.9 Å². The first-order valence-electron chi connectivity index (χ1n) is 10.2. The van der Waals surface area contributed by atoms with Gasteiger partial charge in [0.1, 0.15) is 11.6 Å². The van der Waals surface area contributed by atoms with Gasteiger partial charge in [-0.15, -0.1) is 0 Å². The van der Waals surface area contributed by atoms with Crippen molar-refractivity contribution >= 4 is 23.1 Å². The molecule has 0 radical (unpaired) electrons. The molecule has 2 amide bonds. The summed E-state index contributed by atoms with van der Waals surface area (Å²) >= 11 is 0. The maximum Gasteiger partial charge on any atom is 0.251 e. The summed E-state index contributed by atoms with van der Waals surface area (Å²) in [5.41, 5.74) is 5.48. The van der Waals surface area contributed by atoms with E-state index in [0.29, 0.717) is 28.9 Å². The topological polar surface area (TPSA) is 112 Å². The van der Waals surface area contributed by atoms with Crippen molar-refractivity contribution in [3.8, 4) is 6.07 Å². The van der Waals surface area contributed by atoms with E-state index in [4.69, 9.17) is 0 Å². The largest absolute Gasteiger partial charge is 0.350 e. The summed E-state index contributed by atoms with van der Waals surface area (Å²) < 4.78 is 1.64. The highest BCUT2D eigenvalue weighted by molar-refractivity contribution is 5.98. The fraction of sp³-hybridized carbons (Fsp3) is 0.348. The molecular weight excluding hydrogens is 392 g/mol. The highest BCUT2D eigenvalue weighted by Gasteiger charge is 2.16. The predicted octanol–water partition coefficient (Wildman–Crippen LogP) is 3.24. The van der Waals surface area contributed by atoms with Crippen LogP contribution in [0.4, 0.5) is 5.69 Å². The number of nitriles is 1. The quantitative estimate of drug-likeness (QED) is 0.638. The first-order chi connectivity index (χ1) is 14.7. The van der Waals surface area contributed by atoms with Crippen LogP contribution >= 0.6 is 0 Å². The Bertz CT molecular complexity index is 1200. The molecule has 3 aromatic rings. The molecule has 2 aromatic heterocycles. The first-order valence-corrected chi connectivity index (χ1v) is 10.2. The second-order valence-electron chi connectivity index (χ2n) is 7.87. The van der Waals surface area contributed by atoms with E-state index >= 15 is 0 Å². The number of aromatic nitrogens is 3. The monoisotopic (exact) mass is 418 g/mol. The van der Waals surface area contributed by atoms with Crippen LogP contribution in [-0.2, 0) is 11.2 Å². The third kappa shape index (κ3) is 4.72. The van der Waals surface area contributed by atoms with E-state index in [1.165, 1.54) is 6.20 Å². The molecule has 0 aliphatic heterocycles. The summed E-state index contributed by atoms with van der Waals surface area (Å²) in [6, 6.07) is 7.42. The average molecular weight is 419 g/mol. The molecule has 2 N–H and O–H groups in total. The summed E-state index contributed by atoms with van der Waals surface area (Å²) in [5, 5.41) is 19.2. The minimum Gasteiger partial charge on any atom is -0.350 e. The molecule has 0 saturated heterocycles. The number of nitrogens with zero attached hydrogens (tertiary/aromatic N) is 4. The number of carbonyl (C=O) groups is 2. The zero-order chi connectivity index (χ0) is 22.7. The van der Waals surface area contributed by atoms with Gasteiger partial charge in [-0.05, 0) is 64.3 Å². The fourth-order valence-corrected chi connectivity index (χ4v) is 3.50. The molecule has 3 rings (SSSR count). The van der Waals surface area contributed by atoms with Crippen LogP contribution in [0.3, 0.4) is 0 Å². The van der Waals surface area contributed by atoms with Crippen LogP contribution in [0, 0.1) is 32.1 Å². The van der Waals surface area contributed by atoms with Gasteiger partial charge in [0.25, 0.3) is 5.91 Å². The number of nitrogens with one attached hydrogen (secondary N) is 2. The van der Waals surface area contributed by atoms with Gasteiger partial charge in [0, 0.05) is 35.1 Å². The Morgan fingerprint density at radius 1 is 1.23 bits per heavy atom. The molecule has 160 valence electrons. The Balaban J connectivity index is 1.73. The van der Waals surface area contributed by atoms with E-state index in [1.807, 2.05) is 40.7 Å². The number of amides is 2. The number of fused-ring (bicyclic) bond motifs is 1. The number of benzene rings is 1. The van der Waals surface area contributed by atoms with Gasteiger partial charge in [-0.1, -0.05) is 6.07 Å². The molecule has 1 aromatic carbocycles. The van der Waals surface area contributed by atoms with Gasteiger partial charge in [0.2, 0.25) is 5.91 Å². The van der Waals surface area contributed by atoms with Crippen molar-refractivity contribution in [2.24, 2.45) is 0 Å². The van der Waals surface area contributed by atoms with E-state index < -0.39 is 0 Å². The lowest BCUT2D eigenvalue weighted by molar-refractivity contribution is -0.116. The fourth-order valence-electron chi connectivity index (χ4n) is 3.50. The van der Waals surface area contributed by atoms with Gasteiger partial charge in [0.15, 0.2) is 5.65 Å². The van der Waals surface area contributed by atoms with Gasteiger partial charge in [-0.25, -0.2) is 9.50 Å². The highest BCUT2D eigenvalue weighted by atomic mass is 16.2. The van der Waals surface area contributed by atoms with Crippen molar-refractivity contribution in [2.45, 2.75) is 53.5 Å². The minimum atomic E-state index is -0.162. The molecule has 8 nitrogen and oxygen atoms in total. The molecule has 0 aliphatic rings. The summed E-state index contributed by atoms with van der Waals surface area (Å²) in [7, 11) is 0. The number of hydrogen-bond donors (Lipinski definition) is 2. The summed E-state index contributed by atoms with van der Waals surface area (Å²) in [6.07, 6.45) is 2.24. The average Bonchev–Trinajstić information content (AvgIpc) is 3.11. The Morgan fingerprint density at radius 2 is 1.97 bits per heavy atom. The van der Waals surface area contributed by atoms with E-state index in [9.17, 15) is 14.9 Å². The van der Waals surface area contributed by atoms with Crippen LogP contribution in [0.5, 0.6) is 0 Å². The molecule has 2 heterocycles. The zero-order valence-electron chi connectivity index (χ0n) is 18.4. The second-order valence-corrected chi connectivity index (χ2v) is 7.87. The zero-order valence-corrected chi connectivity index (χ0v) is 18.4. The van der Waals surface area contributed by atoms with Crippen molar-refractivity contribution in [2.75, 3.05) is 5.32 Å². The lowest BCUT2D eigenvalue weighted by Crippen LogP contribution is -2.30. The van der Waals surface area contributed by atoms with Crippen molar-refractivity contribution < 1.29 is 9.59 Å². The molecule has 0 fully saturated rings. The van der Waals surface area contributed by atoms with E-state index in [2.05, 4.69) is 26.8 Å². The normalized spacial score (nSPS) is 10.9. The molecule has 0 atom stereocenters. The molecule has 0 spiro atoms. The molecule has 8 heteroatoms. The number of aryl methyl sites for hydroxylation is 3. The maximum absolute atomic E-state index is 12.6. The van der Waals surface area contributed by atoms with Crippen molar-refractivity contribution in [3.05, 3.63) is 58.0 Å². The predicted molar refractivity (Wildman–Crippen MR) is 118 cm³/mol. The van der Waals surface area contributed by atoms with Crippen molar-refractivity contribution in [1.29, 1.82) is 5.26 Å². The second kappa shape index (κ2) is 8.96. The molecule has 0 aliphatic carbocycles. The van der Waals surface area contributed by atoms with Crippen LogP contribution in [-0.4, -0.2) is 32.5 Å². The van der Waals surface area contributed by atoms with Crippen LogP contribution in [0.1, 0.15) is 58.7 Å². The summed E-state index contributed by atoms with van der Waals surface area (Å²) in [6.45, 7) is 9.44. The van der Waals surface area contributed by atoms with Crippen LogP contribution in [0.15, 0.2) is 24.4 Å². The van der Waals surface area contributed by atoms with E-state index in [0.717, 1.165) is 22.5 Å². The number of hydrogen-bond acceptors (Lipinski definition) is 5. The van der Waals surface area contributed by atoms with Gasteiger partial charge in [0.05, 0.1) is 6.20 Å². The first kappa shape index (κ1) is 22.0. The Hall–Kier alpha value is -3.73. The van der Waals surface area contributed by atoms with Gasteiger partial charge < -0.3 is 10.6 Å². The third-order valence-electron chi connectivity index (χ3n) is 5.12. The van der Waals surface area contributed by atoms with Crippen LogP contribution in [0.2, 0.25) is 0 Å². The maximum atomic E-state index is 12.6. The van der Waals surface area contributed by atoms with E-state index in [-0.39, 0.29) is 24.3 Å². The molecule has 0 bridgehead atoms. The Morgan fingerprint density at radius 3 is 2.65 bits per heavy atom. The number of rotatable bonds is 6. The smallest absolute Gasteiger partial charge is 0.251 e. The standard InChI is InChI=1S/C23H26N6O2/c1-13(2)26-23(31)20-10-18(7-6-14(20)3)28-21(30)9-8-19-15(4)27-22-17(11-24)12-25-29(22)16(19)5/h6-7,10,12-13H,8-9H2,1-5H3,(H,26,31)(H,28,30). The van der Waals surface area contributed by atoms with Gasteiger partial charge >= 0.3 is 0 Å². The molecule has 31 heavy (non-hydrogen) atoms. The molecule has 0 saturated carbocycles. The highest BCUT2D eigenvalue weighted by Crippen LogP contribution is 2.19. The molecular formula is C23H26N6O2. The number of anilines is 1. The molecule has 0 unspecified atom stereocenters. The van der Waals surface area contributed by atoms with Gasteiger partial charge in [-0.3, -0.25) is 9.59 Å². The lowest BCUT2D eigenvalue weighted by atomic mass is 10.1. The summed E-state index contributed by atoms with van der Waals surface area (Å²) in [4.78, 5) is 29.4. The SMILES string of the molecule is Cc1ccc(NC(=O)CCc2c(C)nc3c(C#N)cnn3c2C)cc1C(=O)NC(C)C. The van der Waals surface area contributed by atoms with Crippen LogP contribution < -0.4 is 10.6 Å². The Labute approximate surface area is 181 Å². The van der Waals surface area contributed by atoms with Crippen LogP contribution in [0.25, 0.3) is 5.65 Å². The van der Waals surface area contributed by atoms with E-state index in [1.54, 1.807) is 16.6 Å². The Kier molecular flexibility index (Phi) is 6.35. The number of carbonyl (C=O) groups excluding carboxylic acids is 2.